The molecule has 4 bridgehead atoms. The number of aliphatic hydroxyl groups is 1. The molecule has 2 aliphatic heterocycles. The SMILES string of the molecule is COC12C=CC3(CC1C(C)(O)Cc1ccccc1)C1Cc4ccc(OCc5ccccc5)c5c4C3(CCN1C)C2O5. The van der Waals surface area contributed by atoms with E-state index in [0.29, 0.717) is 19.1 Å². The number of nitrogens with zero attached hydrogens (tertiary/aromatic N) is 1. The average molecular weight is 550 g/mol. The standard InChI is InChI=1S/C36H39NO4/c1-33(38,21-24-10-6-4-7-11-24)28-22-34-16-17-36(28,39-3)32-35(34)18-19-37(2)29(34)20-26-14-15-27(31(41-32)30(26)35)40-23-25-12-8-5-9-13-25/h4-17,28-29,32,38H,18-23H2,1-3H3. The Kier molecular flexibility index (Phi) is 5.43. The molecular formula is C36H39NO4. The summed E-state index contributed by atoms with van der Waals surface area (Å²) in [6.07, 6.45) is 7.90. The molecule has 1 saturated heterocycles. The Morgan fingerprint density at radius 2 is 1.73 bits per heavy atom. The Labute approximate surface area is 242 Å². The molecule has 212 valence electrons. The smallest absolute Gasteiger partial charge is 0.166 e. The summed E-state index contributed by atoms with van der Waals surface area (Å²) in [7, 11) is 4.08. The van der Waals surface area contributed by atoms with E-state index in [4.69, 9.17) is 14.2 Å². The van der Waals surface area contributed by atoms with E-state index in [1.54, 1.807) is 7.11 Å². The highest BCUT2D eigenvalue weighted by molar-refractivity contribution is 5.65. The first-order chi connectivity index (χ1) is 19.8. The van der Waals surface area contributed by atoms with Gasteiger partial charge in [-0.05, 0) is 62.5 Å². The molecule has 1 saturated carbocycles. The zero-order valence-corrected chi connectivity index (χ0v) is 24.2. The third kappa shape index (κ3) is 3.23. The fourth-order valence-corrected chi connectivity index (χ4v) is 9.73. The largest absolute Gasteiger partial charge is 0.485 e. The number of piperidine rings is 1. The van der Waals surface area contributed by atoms with Crippen LogP contribution in [0, 0.1) is 11.3 Å². The van der Waals surface area contributed by atoms with Crippen LogP contribution in [0.4, 0.5) is 0 Å². The molecule has 2 spiro atoms. The first kappa shape index (κ1) is 25.6. The fraction of sp³-hybridized carbons (Fsp3) is 0.444. The van der Waals surface area contributed by atoms with E-state index in [1.165, 1.54) is 11.1 Å². The van der Waals surface area contributed by atoms with Crippen LogP contribution in [0.15, 0.2) is 84.9 Å². The molecule has 2 fully saturated rings. The summed E-state index contributed by atoms with van der Waals surface area (Å²) in [5, 5.41) is 12.4. The van der Waals surface area contributed by atoms with Gasteiger partial charge in [-0.15, -0.1) is 0 Å². The molecule has 7 unspecified atom stereocenters. The van der Waals surface area contributed by atoms with Crippen molar-refractivity contribution in [2.75, 3.05) is 20.7 Å². The molecule has 6 aliphatic rings. The summed E-state index contributed by atoms with van der Waals surface area (Å²) in [4.78, 5) is 2.56. The van der Waals surface area contributed by atoms with E-state index in [0.717, 1.165) is 48.4 Å². The van der Waals surface area contributed by atoms with Crippen molar-refractivity contribution >= 4 is 0 Å². The van der Waals surface area contributed by atoms with E-state index in [2.05, 4.69) is 60.5 Å². The van der Waals surface area contributed by atoms with Crippen LogP contribution >= 0.6 is 0 Å². The molecule has 41 heavy (non-hydrogen) atoms. The minimum Gasteiger partial charge on any atom is -0.485 e. The Bertz CT molecular complexity index is 1520. The molecule has 0 amide bonds. The number of hydrogen-bond acceptors (Lipinski definition) is 5. The predicted octanol–water partition coefficient (Wildman–Crippen LogP) is 5.48. The fourth-order valence-electron chi connectivity index (χ4n) is 9.73. The van der Waals surface area contributed by atoms with Crippen LogP contribution in [0.3, 0.4) is 0 Å². The van der Waals surface area contributed by atoms with Gasteiger partial charge in [0.05, 0.1) is 11.0 Å². The van der Waals surface area contributed by atoms with Gasteiger partial charge in [-0.2, -0.15) is 0 Å². The first-order valence-corrected chi connectivity index (χ1v) is 15.1. The monoisotopic (exact) mass is 549 g/mol. The van der Waals surface area contributed by atoms with Gasteiger partial charge in [0.25, 0.3) is 0 Å². The van der Waals surface area contributed by atoms with Crippen molar-refractivity contribution in [3.05, 3.63) is 107 Å². The van der Waals surface area contributed by atoms with Gasteiger partial charge in [0.1, 0.15) is 18.3 Å². The lowest BCUT2D eigenvalue weighted by Crippen LogP contribution is -2.80. The van der Waals surface area contributed by atoms with Crippen molar-refractivity contribution in [1.82, 2.24) is 4.90 Å². The van der Waals surface area contributed by atoms with E-state index in [9.17, 15) is 5.11 Å². The molecule has 4 aliphatic carbocycles. The molecule has 0 aromatic heterocycles. The second kappa shape index (κ2) is 8.70. The van der Waals surface area contributed by atoms with E-state index in [-0.39, 0.29) is 22.9 Å². The predicted molar refractivity (Wildman–Crippen MR) is 158 cm³/mol. The van der Waals surface area contributed by atoms with Gasteiger partial charge in [-0.1, -0.05) is 78.9 Å². The number of benzene rings is 3. The van der Waals surface area contributed by atoms with Crippen LogP contribution in [0.2, 0.25) is 0 Å². The van der Waals surface area contributed by atoms with E-state index < -0.39 is 11.2 Å². The maximum atomic E-state index is 12.4. The molecule has 0 radical (unpaired) electrons. The molecule has 3 aromatic carbocycles. The Morgan fingerprint density at radius 1 is 1.00 bits per heavy atom. The summed E-state index contributed by atoms with van der Waals surface area (Å²) >= 11 is 0. The minimum atomic E-state index is -0.991. The van der Waals surface area contributed by atoms with Crippen molar-refractivity contribution in [3.8, 4) is 11.5 Å². The Morgan fingerprint density at radius 3 is 2.46 bits per heavy atom. The molecule has 5 heteroatoms. The van der Waals surface area contributed by atoms with Crippen LogP contribution in [0.1, 0.15) is 42.0 Å². The van der Waals surface area contributed by atoms with Crippen LogP contribution < -0.4 is 9.47 Å². The Balaban J connectivity index is 1.27. The van der Waals surface area contributed by atoms with Crippen LogP contribution in [0.5, 0.6) is 11.5 Å². The van der Waals surface area contributed by atoms with Crippen LogP contribution in [-0.2, 0) is 29.6 Å². The number of hydrogen-bond donors (Lipinski definition) is 1. The lowest BCUT2D eigenvalue weighted by Gasteiger charge is -2.72. The van der Waals surface area contributed by atoms with Crippen molar-refractivity contribution in [2.45, 2.75) is 68.0 Å². The number of methoxy groups -OCH3 is 1. The van der Waals surface area contributed by atoms with Gasteiger partial charge in [0, 0.05) is 36.5 Å². The van der Waals surface area contributed by atoms with Gasteiger partial charge >= 0.3 is 0 Å². The minimum absolute atomic E-state index is 0.137. The van der Waals surface area contributed by atoms with Gasteiger partial charge in [0.2, 0.25) is 0 Å². The van der Waals surface area contributed by atoms with Crippen molar-refractivity contribution in [2.24, 2.45) is 11.3 Å². The lowest BCUT2D eigenvalue weighted by molar-refractivity contribution is -0.246. The van der Waals surface area contributed by atoms with Gasteiger partial charge in [0.15, 0.2) is 11.5 Å². The van der Waals surface area contributed by atoms with Gasteiger partial charge in [-0.3, -0.25) is 0 Å². The molecule has 5 nitrogen and oxygen atoms in total. The average Bonchev–Trinajstić information content (AvgIpc) is 3.36. The van der Waals surface area contributed by atoms with Crippen LogP contribution in [0.25, 0.3) is 0 Å². The first-order valence-electron chi connectivity index (χ1n) is 15.1. The van der Waals surface area contributed by atoms with Crippen molar-refractivity contribution < 1.29 is 19.3 Å². The quantitative estimate of drug-likeness (QED) is 0.396. The molecule has 3 aromatic rings. The number of ether oxygens (including phenoxy) is 3. The summed E-state index contributed by atoms with van der Waals surface area (Å²) in [6, 6.07) is 25.4. The van der Waals surface area contributed by atoms with Gasteiger partial charge in [-0.25, -0.2) is 0 Å². The number of rotatable bonds is 7. The van der Waals surface area contributed by atoms with Crippen LogP contribution in [-0.4, -0.2) is 54.1 Å². The zero-order valence-electron chi connectivity index (χ0n) is 24.2. The molecule has 9 rings (SSSR count). The summed E-state index contributed by atoms with van der Waals surface area (Å²) in [5.74, 6) is 1.56. The zero-order chi connectivity index (χ0) is 28.0. The second-order valence-corrected chi connectivity index (χ2v) is 13.3. The highest BCUT2D eigenvalue weighted by atomic mass is 16.6. The Hall–Kier alpha value is -3.12. The number of likely N-dealkylation sites (tertiary alicyclic amines) is 1. The third-order valence-corrected chi connectivity index (χ3v) is 11.5. The normalized spacial score (nSPS) is 35.5. The molecular weight excluding hydrogens is 510 g/mol. The highest BCUT2D eigenvalue weighted by Gasteiger charge is 2.80. The maximum absolute atomic E-state index is 12.4. The van der Waals surface area contributed by atoms with Crippen molar-refractivity contribution in [1.29, 1.82) is 0 Å². The number of fused-ring (bicyclic) bond motifs is 1. The number of likely N-dealkylation sites (N-methyl/N-ethyl adjacent to an activating group) is 1. The van der Waals surface area contributed by atoms with E-state index >= 15 is 0 Å². The summed E-state index contributed by atoms with van der Waals surface area (Å²) < 4.78 is 20.3. The summed E-state index contributed by atoms with van der Waals surface area (Å²) in [6.45, 7) is 3.51. The molecule has 7 atom stereocenters. The second-order valence-electron chi connectivity index (χ2n) is 13.3. The van der Waals surface area contributed by atoms with Crippen molar-refractivity contribution in [3.63, 3.8) is 0 Å². The van der Waals surface area contributed by atoms with Gasteiger partial charge < -0.3 is 24.2 Å². The maximum Gasteiger partial charge on any atom is 0.166 e. The lowest BCUT2D eigenvalue weighted by atomic mass is 9.36. The summed E-state index contributed by atoms with van der Waals surface area (Å²) in [5.41, 5.74) is 2.85. The topological polar surface area (TPSA) is 51.2 Å². The molecule has 2 heterocycles. The highest BCUT2D eigenvalue weighted by Crippen LogP contribution is 2.75. The molecule has 1 N–H and O–H groups in total. The van der Waals surface area contributed by atoms with E-state index in [1.807, 2.05) is 43.3 Å². The third-order valence-electron chi connectivity index (χ3n) is 11.5.